The zero-order chi connectivity index (χ0) is 12.6. The molecule has 0 aliphatic rings. The fourth-order valence-electron chi connectivity index (χ4n) is 0.543. The van der Waals surface area contributed by atoms with Crippen molar-refractivity contribution in [1.29, 1.82) is 0 Å². The molecule has 1 rings (SSSR count). The summed E-state index contributed by atoms with van der Waals surface area (Å²) in [6.07, 6.45) is 4.13. The standard InChI is InChI=1S/C4H5N3O.C4H4O4/c5-3(8)4-6-1-2-7-4;5-3(6)1-2-4(7)8/h1-2H,(H2,5,8)(H,6,7);1-2H,(H,5,6)(H,7,8)/b;2-1-. The molecule has 0 unspecified atom stereocenters. The van der Waals surface area contributed by atoms with E-state index in [1.807, 2.05) is 0 Å². The number of rotatable bonds is 3. The highest BCUT2D eigenvalue weighted by Crippen LogP contribution is 1.82. The predicted molar refractivity (Wildman–Crippen MR) is 51.5 cm³/mol. The maximum atomic E-state index is 10.2. The number of primary amides is 1. The number of hydrogen-bond acceptors (Lipinski definition) is 4. The Morgan fingerprint density at radius 2 is 1.75 bits per heavy atom. The van der Waals surface area contributed by atoms with Gasteiger partial charge < -0.3 is 20.9 Å². The first-order valence-corrected chi connectivity index (χ1v) is 3.86. The van der Waals surface area contributed by atoms with Crippen molar-refractivity contribution in [2.24, 2.45) is 5.73 Å². The smallest absolute Gasteiger partial charge is 0.328 e. The molecule has 0 radical (unpaired) electrons. The molecule has 0 saturated carbocycles. The lowest BCUT2D eigenvalue weighted by atomic mass is 10.5. The molecule has 0 spiro atoms. The van der Waals surface area contributed by atoms with Gasteiger partial charge in [0, 0.05) is 24.5 Å². The summed E-state index contributed by atoms with van der Waals surface area (Å²) in [6, 6.07) is 0. The topological polar surface area (TPSA) is 146 Å². The number of H-pyrrole nitrogens is 1. The summed E-state index contributed by atoms with van der Waals surface area (Å²) >= 11 is 0. The number of nitrogens with two attached hydrogens (primary N) is 1. The highest BCUT2D eigenvalue weighted by molar-refractivity contribution is 5.89. The third-order valence-corrected chi connectivity index (χ3v) is 1.10. The lowest BCUT2D eigenvalue weighted by Gasteiger charge is -1.80. The summed E-state index contributed by atoms with van der Waals surface area (Å²) in [5.74, 6) is -2.85. The third-order valence-electron chi connectivity index (χ3n) is 1.10. The van der Waals surface area contributed by atoms with Crippen molar-refractivity contribution in [2.45, 2.75) is 0 Å². The minimum atomic E-state index is -1.26. The van der Waals surface area contributed by atoms with Gasteiger partial charge >= 0.3 is 11.9 Å². The molecule has 8 heteroatoms. The Labute approximate surface area is 89.4 Å². The molecule has 0 aliphatic carbocycles. The molecule has 16 heavy (non-hydrogen) atoms. The molecule has 8 nitrogen and oxygen atoms in total. The summed E-state index contributed by atoms with van der Waals surface area (Å²) in [4.78, 5) is 35.4. The van der Waals surface area contributed by atoms with Gasteiger partial charge in [0.2, 0.25) is 0 Å². The summed E-state index contributed by atoms with van der Waals surface area (Å²) in [6.45, 7) is 0. The first-order valence-electron chi connectivity index (χ1n) is 3.86. The van der Waals surface area contributed by atoms with Gasteiger partial charge in [-0.2, -0.15) is 0 Å². The van der Waals surface area contributed by atoms with Gasteiger partial charge in [-0.1, -0.05) is 0 Å². The second-order valence-corrected chi connectivity index (χ2v) is 2.31. The SMILES string of the molecule is NC(=O)c1ncc[nH]1.O=C(O)/C=C\C(=O)O. The van der Waals surface area contributed by atoms with Crippen molar-refractivity contribution >= 4 is 17.8 Å². The van der Waals surface area contributed by atoms with Gasteiger partial charge in [-0.3, -0.25) is 4.79 Å². The van der Waals surface area contributed by atoms with Crippen molar-refractivity contribution < 1.29 is 24.6 Å². The van der Waals surface area contributed by atoms with Gasteiger partial charge in [0.1, 0.15) is 0 Å². The number of hydrogen-bond donors (Lipinski definition) is 4. The van der Waals surface area contributed by atoms with Crippen LogP contribution in [0.3, 0.4) is 0 Å². The van der Waals surface area contributed by atoms with E-state index < -0.39 is 17.8 Å². The third kappa shape index (κ3) is 6.83. The highest BCUT2D eigenvalue weighted by Gasteiger charge is 1.97. The Kier molecular flexibility index (Phi) is 5.65. The number of nitrogens with zero attached hydrogens (tertiary/aromatic N) is 1. The first-order chi connectivity index (χ1) is 7.43. The minimum Gasteiger partial charge on any atom is -0.478 e. The Bertz CT molecular complexity index is 380. The molecule has 0 bridgehead atoms. The van der Waals surface area contributed by atoms with E-state index in [0.29, 0.717) is 12.2 Å². The van der Waals surface area contributed by atoms with Gasteiger partial charge in [-0.25, -0.2) is 14.6 Å². The van der Waals surface area contributed by atoms with E-state index in [9.17, 15) is 14.4 Å². The normalized spacial score (nSPS) is 9.25. The number of amides is 1. The van der Waals surface area contributed by atoms with Gasteiger partial charge in [-0.05, 0) is 0 Å². The van der Waals surface area contributed by atoms with Gasteiger partial charge in [0.15, 0.2) is 5.82 Å². The largest absolute Gasteiger partial charge is 0.478 e. The number of carbonyl (C=O) groups excluding carboxylic acids is 1. The highest BCUT2D eigenvalue weighted by atomic mass is 16.4. The van der Waals surface area contributed by atoms with Crippen molar-refractivity contribution in [1.82, 2.24) is 9.97 Å². The Hall–Kier alpha value is -2.64. The van der Waals surface area contributed by atoms with E-state index in [0.717, 1.165) is 0 Å². The maximum Gasteiger partial charge on any atom is 0.328 e. The van der Waals surface area contributed by atoms with E-state index in [2.05, 4.69) is 9.97 Å². The second kappa shape index (κ2) is 6.76. The first kappa shape index (κ1) is 13.4. The van der Waals surface area contributed by atoms with Crippen molar-refractivity contribution in [3.8, 4) is 0 Å². The molecule has 0 fully saturated rings. The number of aromatic amines is 1. The Morgan fingerprint density at radius 3 is 1.94 bits per heavy atom. The monoisotopic (exact) mass is 227 g/mol. The predicted octanol–water partition coefficient (Wildman–Crippen LogP) is -0.780. The number of nitrogens with one attached hydrogen (secondary N) is 1. The van der Waals surface area contributed by atoms with Gasteiger partial charge in [0.25, 0.3) is 5.91 Å². The molecular weight excluding hydrogens is 218 g/mol. The van der Waals surface area contributed by atoms with Gasteiger partial charge in [0.05, 0.1) is 0 Å². The van der Waals surface area contributed by atoms with Crippen LogP contribution in [0.2, 0.25) is 0 Å². The van der Waals surface area contributed by atoms with E-state index in [-0.39, 0.29) is 5.82 Å². The molecule has 0 aromatic carbocycles. The number of carboxylic acid groups (broad SMARTS) is 2. The number of carboxylic acids is 2. The summed E-state index contributed by atoms with van der Waals surface area (Å²) in [5.41, 5.74) is 4.83. The van der Waals surface area contributed by atoms with Crippen LogP contribution in [-0.4, -0.2) is 38.0 Å². The van der Waals surface area contributed by atoms with Crippen LogP contribution < -0.4 is 5.73 Å². The lowest BCUT2D eigenvalue weighted by molar-refractivity contribution is -0.134. The van der Waals surface area contributed by atoms with Crippen LogP contribution in [-0.2, 0) is 9.59 Å². The summed E-state index contributed by atoms with van der Waals surface area (Å²) < 4.78 is 0. The van der Waals surface area contributed by atoms with Crippen molar-refractivity contribution in [3.63, 3.8) is 0 Å². The zero-order valence-corrected chi connectivity index (χ0v) is 7.95. The Morgan fingerprint density at radius 1 is 1.25 bits per heavy atom. The van der Waals surface area contributed by atoms with Crippen molar-refractivity contribution in [2.75, 3.05) is 0 Å². The average Bonchev–Trinajstić information content (AvgIpc) is 2.68. The van der Waals surface area contributed by atoms with Crippen LogP contribution >= 0.6 is 0 Å². The van der Waals surface area contributed by atoms with E-state index in [1.54, 1.807) is 6.20 Å². The molecule has 1 aromatic rings. The molecule has 1 aromatic heterocycles. The van der Waals surface area contributed by atoms with E-state index in [1.165, 1.54) is 6.20 Å². The van der Waals surface area contributed by atoms with Gasteiger partial charge in [-0.15, -0.1) is 0 Å². The molecule has 86 valence electrons. The molecular formula is C8H9N3O5. The van der Waals surface area contributed by atoms with E-state index >= 15 is 0 Å². The number of carbonyl (C=O) groups is 3. The average molecular weight is 227 g/mol. The van der Waals surface area contributed by atoms with Crippen LogP contribution in [0.1, 0.15) is 10.6 Å². The zero-order valence-electron chi connectivity index (χ0n) is 7.95. The number of aliphatic carboxylic acids is 2. The van der Waals surface area contributed by atoms with Crippen LogP contribution in [0.15, 0.2) is 24.5 Å². The molecule has 1 amide bonds. The fourth-order valence-corrected chi connectivity index (χ4v) is 0.543. The second-order valence-electron chi connectivity index (χ2n) is 2.31. The summed E-state index contributed by atoms with van der Waals surface area (Å²) in [7, 11) is 0. The van der Waals surface area contributed by atoms with Crippen LogP contribution in [0.5, 0.6) is 0 Å². The number of imidazole rings is 1. The van der Waals surface area contributed by atoms with Crippen molar-refractivity contribution in [3.05, 3.63) is 30.4 Å². The maximum absolute atomic E-state index is 10.2. The van der Waals surface area contributed by atoms with Crippen LogP contribution in [0, 0.1) is 0 Å². The molecule has 0 saturated heterocycles. The molecule has 1 heterocycles. The molecule has 0 aliphatic heterocycles. The molecule has 5 N–H and O–H groups in total. The number of aromatic nitrogens is 2. The molecule has 0 atom stereocenters. The lowest BCUT2D eigenvalue weighted by Crippen LogP contribution is -2.12. The minimum absolute atomic E-state index is 0.199. The summed E-state index contributed by atoms with van der Waals surface area (Å²) in [5, 5.41) is 15.6. The van der Waals surface area contributed by atoms with E-state index in [4.69, 9.17) is 15.9 Å². The Balaban J connectivity index is 0.000000281. The van der Waals surface area contributed by atoms with Crippen LogP contribution in [0.25, 0.3) is 0 Å². The van der Waals surface area contributed by atoms with Crippen LogP contribution in [0.4, 0.5) is 0 Å². The quantitative estimate of drug-likeness (QED) is 0.498. The fraction of sp³-hybridized carbons (Fsp3) is 0.